The summed E-state index contributed by atoms with van der Waals surface area (Å²) in [6.07, 6.45) is 9.05. The Morgan fingerprint density at radius 1 is 1.29 bits per heavy atom. The van der Waals surface area contributed by atoms with E-state index in [1.807, 2.05) is 0 Å². The molecule has 0 radical (unpaired) electrons. The van der Waals surface area contributed by atoms with Crippen molar-refractivity contribution in [3.05, 3.63) is 12.2 Å². The van der Waals surface area contributed by atoms with Gasteiger partial charge in [0.1, 0.15) is 0 Å². The fraction of sp³-hybridized carbons (Fsp3) is 0.833. The van der Waals surface area contributed by atoms with Gasteiger partial charge < -0.3 is 10.2 Å². The fourth-order valence-corrected chi connectivity index (χ4v) is 2.42. The normalized spacial score (nSPS) is 32.9. The van der Waals surface area contributed by atoms with Crippen LogP contribution in [0.5, 0.6) is 0 Å². The molecule has 0 spiro atoms. The Hall–Kier alpha value is -0.340. The highest BCUT2D eigenvalue weighted by Crippen LogP contribution is 2.36. The Labute approximate surface area is 86.6 Å². The molecule has 2 heteroatoms. The van der Waals surface area contributed by atoms with Crippen LogP contribution in [0.3, 0.4) is 0 Å². The van der Waals surface area contributed by atoms with E-state index < -0.39 is 0 Å². The second kappa shape index (κ2) is 6.20. The molecule has 14 heavy (non-hydrogen) atoms. The minimum absolute atomic E-state index is 0.145. The van der Waals surface area contributed by atoms with Gasteiger partial charge in [0.05, 0.1) is 6.10 Å². The number of hydrogen-bond donors (Lipinski definition) is 2. The van der Waals surface area contributed by atoms with Gasteiger partial charge in [0.2, 0.25) is 0 Å². The van der Waals surface area contributed by atoms with Crippen molar-refractivity contribution in [2.45, 2.75) is 45.1 Å². The predicted molar refractivity (Wildman–Crippen MR) is 58.0 cm³/mol. The smallest absolute Gasteiger partial charge is 0.0574 e. The molecule has 82 valence electrons. The van der Waals surface area contributed by atoms with Gasteiger partial charge in [-0.05, 0) is 43.9 Å². The summed E-state index contributed by atoms with van der Waals surface area (Å²) in [6.45, 7) is 2.37. The third kappa shape index (κ3) is 3.10. The molecule has 0 amide bonds. The topological polar surface area (TPSA) is 40.5 Å². The highest BCUT2D eigenvalue weighted by molar-refractivity contribution is 4.91. The standard InChI is InChI=1S/C12H22O2/c1-2-3-4-5-11-10(8-9-13)6-7-12(11)14/h3-4,10-14H,2,5-9H2,1H3/b4-3-/t10-,11+,12-/m1/s1. The molecule has 0 unspecified atom stereocenters. The average Bonchev–Trinajstić information content (AvgIpc) is 2.50. The molecule has 0 saturated heterocycles. The van der Waals surface area contributed by atoms with Crippen molar-refractivity contribution in [3.63, 3.8) is 0 Å². The van der Waals surface area contributed by atoms with E-state index in [9.17, 15) is 5.11 Å². The highest BCUT2D eigenvalue weighted by Gasteiger charge is 2.33. The molecule has 0 aromatic rings. The van der Waals surface area contributed by atoms with E-state index in [2.05, 4.69) is 19.1 Å². The summed E-state index contributed by atoms with van der Waals surface area (Å²) in [7, 11) is 0. The largest absolute Gasteiger partial charge is 0.396 e. The zero-order chi connectivity index (χ0) is 10.4. The maximum Gasteiger partial charge on any atom is 0.0574 e. The van der Waals surface area contributed by atoms with Gasteiger partial charge in [-0.3, -0.25) is 0 Å². The maximum atomic E-state index is 9.77. The van der Waals surface area contributed by atoms with Crippen molar-refractivity contribution in [3.8, 4) is 0 Å². The molecule has 0 aromatic heterocycles. The van der Waals surface area contributed by atoms with Crippen molar-refractivity contribution < 1.29 is 10.2 Å². The summed E-state index contributed by atoms with van der Waals surface area (Å²) in [4.78, 5) is 0. The first-order valence-electron chi connectivity index (χ1n) is 5.73. The van der Waals surface area contributed by atoms with Crippen LogP contribution < -0.4 is 0 Å². The van der Waals surface area contributed by atoms with Crippen LogP contribution in [0.1, 0.15) is 39.0 Å². The zero-order valence-corrected chi connectivity index (χ0v) is 9.02. The van der Waals surface area contributed by atoms with Crippen molar-refractivity contribution >= 4 is 0 Å². The van der Waals surface area contributed by atoms with Gasteiger partial charge in [0, 0.05) is 6.61 Å². The maximum absolute atomic E-state index is 9.77. The molecule has 2 nitrogen and oxygen atoms in total. The van der Waals surface area contributed by atoms with Crippen LogP contribution in [-0.4, -0.2) is 22.9 Å². The molecule has 0 aliphatic heterocycles. The molecule has 2 N–H and O–H groups in total. The van der Waals surface area contributed by atoms with Crippen LogP contribution in [0.25, 0.3) is 0 Å². The van der Waals surface area contributed by atoms with Gasteiger partial charge in [-0.2, -0.15) is 0 Å². The summed E-state index contributed by atoms with van der Waals surface area (Å²) in [6, 6.07) is 0. The molecule has 1 aliphatic rings. The molecule has 1 aliphatic carbocycles. The Morgan fingerprint density at radius 2 is 2.07 bits per heavy atom. The minimum Gasteiger partial charge on any atom is -0.396 e. The predicted octanol–water partition coefficient (Wildman–Crippen LogP) is 2.11. The van der Waals surface area contributed by atoms with Gasteiger partial charge in [-0.1, -0.05) is 19.1 Å². The van der Waals surface area contributed by atoms with E-state index in [1.54, 1.807) is 0 Å². The minimum atomic E-state index is -0.145. The lowest BCUT2D eigenvalue weighted by Gasteiger charge is -2.19. The molecule has 0 aromatic carbocycles. The first kappa shape index (κ1) is 11.7. The fourth-order valence-electron chi connectivity index (χ4n) is 2.42. The van der Waals surface area contributed by atoms with E-state index >= 15 is 0 Å². The van der Waals surface area contributed by atoms with Gasteiger partial charge in [-0.15, -0.1) is 0 Å². The summed E-state index contributed by atoms with van der Waals surface area (Å²) < 4.78 is 0. The Morgan fingerprint density at radius 3 is 2.71 bits per heavy atom. The van der Waals surface area contributed by atoms with Crippen LogP contribution in [0.2, 0.25) is 0 Å². The molecule has 1 saturated carbocycles. The van der Waals surface area contributed by atoms with Crippen molar-refractivity contribution in [2.24, 2.45) is 11.8 Å². The second-order valence-electron chi connectivity index (χ2n) is 4.20. The Balaban J connectivity index is 2.40. The lowest BCUT2D eigenvalue weighted by Crippen LogP contribution is -2.19. The molecule has 0 bridgehead atoms. The van der Waals surface area contributed by atoms with Crippen LogP contribution in [0.4, 0.5) is 0 Å². The summed E-state index contributed by atoms with van der Waals surface area (Å²) in [5.41, 5.74) is 0. The number of rotatable bonds is 5. The average molecular weight is 198 g/mol. The molecule has 0 heterocycles. The lowest BCUT2D eigenvalue weighted by atomic mass is 9.89. The first-order valence-corrected chi connectivity index (χ1v) is 5.73. The van der Waals surface area contributed by atoms with Gasteiger partial charge in [-0.25, -0.2) is 0 Å². The van der Waals surface area contributed by atoms with Crippen LogP contribution in [0, 0.1) is 11.8 Å². The van der Waals surface area contributed by atoms with Gasteiger partial charge in [0.15, 0.2) is 0 Å². The van der Waals surface area contributed by atoms with Crippen LogP contribution in [0.15, 0.2) is 12.2 Å². The third-order valence-corrected chi connectivity index (χ3v) is 3.24. The SMILES string of the molecule is CC/C=C\C[C@H]1[C@@H](CCO)CC[C@H]1O. The van der Waals surface area contributed by atoms with Crippen LogP contribution >= 0.6 is 0 Å². The van der Waals surface area contributed by atoms with Crippen molar-refractivity contribution in [1.82, 2.24) is 0 Å². The molecular formula is C12H22O2. The number of allylic oxidation sites excluding steroid dienone is 2. The second-order valence-corrected chi connectivity index (χ2v) is 4.20. The molecule has 3 atom stereocenters. The molecule has 1 rings (SSSR count). The highest BCUT2D eigenvalue weighted by atomic mass is 16.3. The Kier molecular flexibility index (Phi) is 5.20. The van der Waals surface area contributed by atoms with E-state index in [1.165, 1.54) is 0 Å². The van der Waals surface area contributed by atoms with Crippen molar-refractivity contribution in [1.29, 1.82) is 0 Å². The van der Waals surface area contributed by atoms with E-state index in [4.69, 9.17) is 5.11 Å². The summed E-state index contributed by atoms with van der Waals surface area (Å²) in [5, 5.41) is 18.7. The monoisotopic (exact) mass is 198 g/mol. The van der Waals surface area contributed by atoms with Crippen molar-refractivity contribution in [2.75, 3.05) is 6.61 Å². The zero-order valence-electron chi connectivity index (χ0n) is 9.02. The summed E-state index contributed by atoms with van der Waals surface area (Å²) >= 11 is 0. The van der Waals surface area contributed by atoms with E-state index in [-0.39, 0.29) is 12.7 Å². The Bertz CT molecular complexity index is 175. The number of aliphatic hydroxyl groups is 2. The van der Waals surface area contributed by atoms with Gasteiger partial charge >= 0.3 is 0 Å². The molecule has 1 fully saturated rings. The van der Waals surface area contributed by atoms with Crippen LogP contribution in [-0.2, 0) is 0 Å². The number of aliphatic hydroxyl groups excluding tert-OH is 2. The molecular weight excluding hydrogens is 176 g/mol. The third-order valence-electron chi connectivity index (χ3n) is 3.24. The lowest BCUT2D eigenvalue weighted by molar-refractivity contribution is 0.111. The number of hydrogen-bond acceptors (Lipinski definition) is 2. The first-order chi connectivity index (χ1) is 6.79. The van der Waals surface area contributed by atoms with Gasteiger partial charge in [0.25, 0.3) is 0 Å². The summed E-state index contributed by atoms with van der Waals surface area (Å²) in [5.74, 6) is 0.904. The van der Waals surface area contributed by atoms with E-state index in [0.717, 1.165) is 32.1 Å². The quantitative estimate of drug-likeness (QED) is 0.664. The van der Waals surface area contributed by atoms with E-state index in [0.29, 0.717) is 11.8 Å².